The SMILES string of the molecule is CN1C(=O)N[C@H](c2ccccc2[N+](=O)[O-])C2=C1CCCC2=O. The van der Waals surface area contributed by atoms with Crippen LogP contribution in [0.5, 0.6) is 0 Å². The van der Waals surface area contributed by atoms with Gasteiger partial charge in [-0.1, -0.05) is 12.1 Å². The van der Waals surface area contributed by atoms with Crippen molar-refractivity contribution in [1.82, 2.24) is 10.2 Å². The first-order valence-electron chi connectivity index (χ1n) is 7.04. The van der Waals surface area contributed by atoms with Gasteiger partial charge in [-0.2, -0.15) is 0 Å². The van der Waals surface area contributed by atoms with Crippen LogP contribution < -0.4 is 5.32 Å². The van der Waals surface area contributed by atoms with Crippen LogP contribution in [0.1, 0.15) is 30.9 Å². The van der Waals surface area contributed by atoms with Gasteiger partial charge in [-0.05, 0) is 18.9 Å². The molecule has 0 unspecified atom stereocenters. The van der Waals surface area contributed by atoms with Crippen LogP contribution in [0, 0.1) is 10.1 Å². The Morgan fingerprint density at radius 1 is 1.27 bits per heavy atom. The molecule has 0 bridgehead atoms. The summed E-state index contributed by atoms with van der Waals surface area (Å²) in [7, 11) is 1.61. The molecule has 1 aliphatic heterocycles. The van der Waals surface area contributed by atoms with Crippen molar-refractivity contribution in [1.29, 1.82) is 0 Å². The zero-order valence-corrected chi connectivity index (χ0v) is 12.0. The molecule has 1 aromatic rings. The van der Waals surface area contributed by atoms with Crippen LogP contribution >= 0.6 is 0 Å². The number of ketones is 1. The highest BCUT2D eigenvalue weighted by molar-refractivity contribution is 6.01. The van der Waals surface area contributed by atoms with E-state index < -0.39 is 11.0 Å². The van der Waals surface area contributed by atoms with E-state index in [2.05, 4.69) is 5.32 Å². The first-order valence-corrected chi connectivity index (χ1v) is 7.04. The number of hydrogen-bond acceptors (Lipinski definition) is 4. The topological polar surface area (TPSA) is 92.6 Å². The van der Waals surface area contributed by atoms with E-state index >= 15 is 0 Å². The normalized spacial score (nSPS) is 21.5. The minimum Gasteiger partial charge on any atom is -0.326 e. The van der Waals surface area contributed by atoms with Crippen molar-refractivity contribution in [2.75, 3.05) is 7.05 Å². The number of Topliss-reactive ketones (excluding diaryl/α,β-unsaturated/α-hetero) is 1. The number of urea groups is 1. The number of amides is 2. The number of para-hydroxylation sites is 1. The molecule has 7 heteroatoms. The molecule has 0 saturated heterocycles. The van der Waals surface area contributed by atoms with Crippen LogP contribution in [0.25, 0.3) is 0 Å². The fourth-order valence-electron chi connectivity index (χ4n) is 3.07. The van der Waals surface area contributed by atoms with Gasteiger partial charge in [0.15, 0.2) is 5.78 Å². The summed E-state index contributed by atoms with van der Waals surface area (Å²) in [6.45, 7) is 0. The van der Waals surface area contributed by atoms with E-state index in [4.69, 9.17) is 0 Å². The maximum absolute atomic E-state index is 12.3. The van der Waals surface area contributed by atoms with Crippen molar-refractivity contribution in [2.45, 2.75) is 25.3 Å². The van der Waals surface area contributed by atoms with Gasteiger partial charge in [-0.3, -0.25) is 14.9 Å². The minimum absolute atomic E-state index is 0.0590. The minimum atomic E-state index is -0.756. The molecule has 0 radical (unpaired) electrons. The first-order chi connectivity index (χ1) is 10.5. The molecule has 1 atom stereocenters. The Morgan fingerprint density at radius 3 is 2.73 bits per heavy atom. The second-order valence-corrected chi connectivity index (χ2v) is 5.39. The molecule has 0 aromatic heterocycles. The van der Waals surface area contributed by atoms with Crippen molar-refractivity contribution >= 4 is 17.5 Å². The van der Waals surface area contributed by atoms with Gasteiger partial charge in [0.25, 0.3) is 5.69 Å². The molecule has 22 heavy (non-hydrogen) atoms. The zero-order valence-electron chi connectivity index (χ0n) is 12.0. The smallest absolute Gasteiger partial charge is 0.322 e. The van der Waals surface area contributed by atoms with E-state index in [1.54, 1.807) is 25.2 Å². The Bertz CT molecular complexity index is 710. The number of nitro groups is 1. The Hall–Kier alpha value is -2.70. The summed E-state index contributed by atoms with van der Waals surface area (Å²) in [6, 6.07) is 5.09. The van der Waals surface area contributed by atoms with E-state index in [1.165, 1.54) is 11.0 Å². The van der Waals surface area contributed by atoms with Crippen LogP contribution in [0.4, 0.5) is 10.5 Å². The summed E-state index contributed by atoms with van der Waals surface area (Å²) in [5.74, 6) is -0.0590. The average molecular weight is 301 g/mol. The molecule has 114 valence electrons. The van der Waals surface area contributed by atoms with Crippen LogP contribution in [-0.4, -0.2) is 28.7 Å². The van der Waals surface area contributed by atoms with E-state index in [0.29, 0.717) is 36.1 Å². The van der Waals surface area contributed by atoms with E-state index in [1.807, 2.05) is 0 Å². The molecule has 0 saturated carbocycles. The maximum atomic E-state index is 12.3. The van der Waals surface area contributed by atoms with Crippen molar-refractivity contribution in [3.05, 3.63) is 51.2 Å². The lowest BCUT2D eigenvalue weighted by Gasteiger charge is -2.36. The number of nitrogens with one attached hydrogen (secondary N) is 1. The maximum Gasteiger partial charge on any atom is 0.322 e. The summed E-state index contributed by atoms with van der Waals surface area (Å²) in [6.07, 6.45) is 1.72. The van der Waals surface area contributed by atoms with Crippen molar-refractivity contribution in [3.8, 4) is 0 Å². The molecular weight excluding hydrogens is 286 g/mol. The predicted molar refractivity (Wildman–Crippen MR) is 78.0 cm³/mol. The van der Waals surface area contributed by atoms with E-state index in [9.17, 15) is 19.7 Å². The molecule has 2 aliphatic rings. The standard InChI is InChI=1S/C15H15N3O4/c1-17-11-7-4-8-12(19)13(11)14(16-15(17)20)9-5-2-3-6-10(9)18(21)22/h2-3,5-6,14H,4,7-8H2,1H3,(H,16,20)/t14-/m1/s1. The Kier molecular flexibility index (Phi) is 3.40. The second kappa shape index (κ2) is 5.25. The van der Waals surface area contributed by atoms with Gasteiger partial charge in [-0.15, -0.1) is 0 Å². The van der Waals surface area contributed by atoms with Crippen molar-refractivity contribution in [3.63, 3.8) is 0 Å². The number of rotatable bonds is 2. The second-order valence-electron chi connectivity index (χ2n) is 5.39. The van der Waals surface area contributed by atoms with Crippen LogP contribution in [0.3, 0.4) is 0 Å². The third-order valence-corrected chi connectivity index (χ3v) is 4.14. The molecule has 1 heterocycles. The Balaban J connectivity index is 2.18. The zero-order chi connectivity index (χ0) is 15.9. The monoisotopic (exact) mass is 301 g/mol. The number of nitrogens with zero attached hydrogens (tertiary/aromatic N) is 2. The number of nitro benzene ring substituents is 1. The lowest BCUT2D eigenvalue weighted by atomic mass is 9.84. The molecule has 1 aliphatic carbocycles. The van der Waals surface area contributed by atoms with Crippen LogP contribution in [-0.2, 0) is 4.79 Å². The molecule has 2 amide bonds. The van der Waals surface area contributed by atoms with Crippen molar-refractivity contribution < 1.29 is 14.5 Å². The van der Waals surface area contributed by atoms with Gasteiger partial charge < -0.3 is 10.2 Å². The Labute approximate surface area is 126 Å². The highest BCUT2D eigenvalue weighted by atomic mass is 16.6. The molecule has 3 rings (SSSR count). The predicted octanol–water partition coefficient (Wildman–Crippen LogP) is 2.30. The van der Waals surface area contributed by atoms with Gasteiger partial charge in [-0.25, -0.2) is 4.79 Å². The summed E-state index contributed by atoms with van der Waals surface area (Å²) < 4.78 is 0. The largest absolute Gasteiger partial charge is 0.326 e. The van der Waals surface area contributed by atoms with Crippen molar-refractivity contribution in [2.24, 2.45) is 0 Å². The van der Waals surface area contributed by atoms with Gasteiger partial charge in [0, 0.05) is 30.8 Å². The summed E-state index contributed by atoms with van der Waals surface area (Å²) >= 11 is 0. The fourth-order valence-corrected chi connectivity index (χ4v) is 3.07. The third-order valence-electron chi connectivity index (χ3n) is 4.14. The van der Waals surface area contributed by atoms with Crippen LogP contribution in [0.15, 0.2) is 35.5 Å². The molecule has 1 aromatic carbocycles. The number of hydrogen-bond donors (Lipinski definition) is 1. The van der Waals surface area contributed by atoms with Gasteiger partial charge >= 0.3 is 6.03 Å². The number of allylic oxidation sites excluding steroid dienone is 1. The molecule has 1 N–H and O–H groups in total. The lowest BCUT2D eigenvalue weighted by molar-refractivity contribution is -0.385. The first kappa shape index (κ1) is 14.2. The summed E-state index contributed by atoms with van der Waals surface area (Å²) in [4.78, 5) is 36.6. The third kappa shape index (κ3) is 2.14. The average Bonchev–Trinajstić information content (AvgIpc) is 2.51. The van der Waals surface area contributed by atoms with E-state index in [0.717, 1.165) is 0 Å². The number of carbonyl (C=O) groups excluding carboxylic acids is 2. The quantitative estimate of drug-likeness (QED) is 0.670. The highest BCUT2D eigenvalue weighted by Gasteiger charge is 2.39. The molecular formula is C15H15N3O4. The number of benzene rings is 1. The number of carbonyl (C=O) groups is 2. The van der Waals surface area contributed by atoms with Gasteiger partial charge in [0.2, 0.25) is 0 Å². The Morgan fingerprint density at radius 2 is 2.00 bits per heavy atom. The molecule has 0 spiro atoms. The fraction of sp³-hybridized carbons (Fsp3) is 0.333. The molecule has 0 fully saturated rings. The highest BCUT2D eigenvalue weighted by Crippen LogP contribution is 2.39. The van der Waals surface area contributed by atoms with Crippen LogP contribution in [0.2, 0.25) is 0 Å². The summed E-state index contributed by atoms with van der Waals surface area (Å²) in [5, 5.41) is 13.9. The molecule has 7 nitrogen and oxygen atoms in total. The van der Waals surface area contributed by atoms with Gasteiger partial charge in [0.1, 0.15) is 0 Å². The summed E-state index contributed by atoms with van der Waals surface area (Å²) in [5.41, 5.74) is 1.39. The van der Waals surface area contributed by atoms with E-state index in [-0.39, 0.29) is 17.5 Å². The lowest BCUT2D eigenvalue weighted by Crippen LogP contribution is -2.47. The van der Waals surface area contributed by atoms with Gasteiger partial charge in [0.05, 0.1) is 16.5 Å².